The van der Waals surface area contributed by atoms with Gasteiger partial charge in [-0.05, 0) is 47.8 Å². The van der Waals surface area contributed by atoms with Crippen LogP contribution in [0.5, 0.6) is 5.75 Å². The van der Waals surface area contributed by atoms with Crippen LogP contribution in [0, 0.1) is 0 Å². The number of nitrogens with zero attached hydrogens (tertiary/aromatic N) is 2. The first kappa shape index (κ1) is 17.0. The minimum absolute atomic E-state index is 0.131. The maximum Gasteiger partial charge on any atom is 0.265 e. The number of methoxy groups -OCH3 is 1. The predicted molar refractivity (Wildman–Crippen MR) is 104 cm³/mol. The molecule has 4 aromatic rings. The molecule has 7 heteroatoms. The molecule has 1 amide bonds. The lowest BCUT2D eigenvalue weighted by molar-refractivity contribution is 0.103. The average molecular weight is 377 g/mol. The summed E-state index contributed by atoms with van der Waals surface area (Å²) in [6.45, 7) is 0. The van der Waals surface area contributed by atoms with Crippen molar-refractivity contribution in [2.45, 2.75) is 0 Å². The molecule has 0 saturated heterocycles. The molecule has 2 heterocycles. The summed E-state index contributed by atoms with van der Waals surface area (Å²) in [6, 6.07) is 18.4. The number of nitrogens with one attached hydrogen (secondary N) is 1. The number of carbonyl (C=O) groups is 1. The number of benzene rings is 2. The second-order valence-corrected chi connectivity index (χ2v) is 6.58. The van der Waals surface area contributed by atoms with Gasteiger partial charge in [0.05, 0.1) is 17.6 Å². The summed E-state index contributed by atoms with van der Waals surface area (Å²) < 4.78 is 10.7. The van der Waals surface area contributed by atoms with Crippen molar-refractivity contribution in [1.29, 1.82) is 0 Å². The number of ether oxygens (including phenoxy) is 1. The third kappa shape index (κ3) is 3.58. The van der Waals surface area contributed by atoms with E-state index in [0.29, 0.717) is 28.0 Å². The van der Waals surface area contributed by atoms with Crippen LogP contribution >= 0.6 is 11.3 Å². The largest absolute Gasteiger partial charge is 0.496 e. The van der Waals surface area contributed by atoms with Gasteiger partial charge in [0.1, 0.15) is 5.75 Å². The molecule has 6 nitrogen and oxygen atoms in total. The Bertz CT molecular complexity index is 1060. The van der Waals surface area contributed by atoms with Crippen molar-refractivity contribution in [3.8, 4) is 28.6 Å². The molecule has 0 bridgehead atoms. The Labute approximate surface area is 159 Å². The fourth-order valence-electron chi connectivity index (χ4n) is 2.58. The number of carbonyl (C=O) groups excluding carboxylic acids is 1. The van der Waals surface area contributed by atoms with Crippen molar-refractivity contribution < 1.29 is 14.1 Å². The average Bonchev–Trinajstić information content (AvgIpc) is 3.41. The third-order valence-corrected chi connectivity index (χ3v) is 4.78. The van der Waals surface area contributed by atoms with Crippen LogP contribution in [0.3, 0.4) is 0 Å². The monoisotopic (exact) mass is 377 g/mol. The van der Waals surface area contributed by atoms with Crippen LogP contribution in [-0.2, 0) is 0 Å². The maximum atomic E-state index is 12.1. The van der Waals surface area contributed by atoms with E-state index in [4.69, 9.17) is 9.26 Å². The van der Waals surface area contributed by atoms with Crippen LogP contribution in [0.2, 0.25) is 0 Å². The lowest BCUT2D eigenvalue weighted by Crippen LogP contribution is -2.09. The zero-order valence-corrected chi connectivity index (χ0v) is 15.2. The Morgan fingerprint density at radius 3 is 2.63 bits per heavy atom. The highest BCUT2D eigenvalue weighted by Gasteiger charge is 2.14. The van der Waals surface area contributed by atoms with Crippen molar-refractivity contribution in [3.05, 3.63) is 70.9 Å². The van der Waals surface area contributed by atoms with Gasteiger partial charge in [0.25, 0.3) is 11.8 Å². The van der Waals surface area contributed by atoms with Crippen LogP contribution in [0.1, 0.15) is 9.67 Å². The number of para-hydroxylation sites is 1. The van der Waals surface area contributed by atoms with Crippen LogP contribution in [0.25, 0.3) is 22.8 Å². The first-order valence-electron chi connectivity index (χ1n) is 8.17. The van der Waals surface area contributed by atoms with E-state index in [1.807, 2.05) is 47.8 Å². The molecule has 0 saturated carbocycles. The molecule has 27 heavy (non-hydrogen) atoms. The lowest BCUT2D eigenvalue weighted by atomic mass is 10.2. The SMILES string of the molecule is COc1ccccc1-c1noc(-c2ccc(NC(=O)c3cccs3)cc2)n1. The number of aromatic nitrogens is 2. The van der Waals surface area contributed by atoms with E-state index >= 15 is 0 Å². The second kappa shape index (κ2) is 7.43. The van der Waals surface area contributed by atoms with Crippen molar-refractivity contribution in [2.75, 3.05) is 12.4 Å². The van der Waals surface area contributed by atoms with Crippen LogP contribution in [0.4, 0.5) is 5.69 Å². The van der Waals surface area contributed by atoms with E-state index in [9.17, 15) is 4.79 Å². The minimum Gasteiger partial charge on any atom is -0.496 e. The Morgan fingerprint density at radius 1 is 1.07 bits per heavy atom. The van der Waals surface area contributed by atoms with Gasteiger partial charge in [-0.15, -0.1) is 11.3 Å². The molecule has 2 aromatic carbocycles. The molecule has 2 aromatic heterocycles. The first-order chi connectivity index (χ1) is 13.2. The molecule has 0 unspecified atom stereocenters. The molecular weight excluding hydrogens is 362 g/mol. The van der Waals surface area contributed by atoms with E-state index in [2.05, 4.69) is 15.5 Å². The molecule has 134 valence electrons. The lowest BCUT2D eigenvalue weighted by Gasteiger charge is -2.04. The Balaban J connectivity index is 1.53. The van der Waals surface area contributed by atoms with E-state index in [1.165, 1.54) is 11.3 Å². The molecule has 0 fully saturated rings. The van der Waals surface area contributed by atoms with Gasteiger partial charge in [-0.3, -0.25) is 4.79 Å². The summed E-state index contributed by atoms with van der Waals surface area (Å²) in [5.74, 6) is 1.40. The predicted octanol–water partition coefficient (Wildman–Crippen LogP) is 4.73. The summed E-state index contributed by atoms with van der Waals surface area (Å²) in [5, 5.41) is 8.77. The Hall–Kier alpha value is -3.45. The summed E-state index contributed by atoms with van der Waals surface area (Å²) in [7, 11) is 1.60. The normalized spacial score (nSPS) is 10.6. The van der Waals surface area contributed by atoms with E-state index in [1.54, 1.807) is 25.3 Å². The van der Waals surface area contributed by atoms with E-state index in [0.717, 1.165) is 11.1 Å². The van der Waals surface area contributed by atoms with Crippen LogP contribution in [0.15, 0.2) is 70.6 Å². The van der Waals surface area contributed by atoms with Crippen molar-refractivity contribution in [1.82, 2.24) is 10.1 Å². The summed E-state index contributed by atoms with van der Waals surface area (Å²) in [4.78, 5) is 17.2. The highest BCUT2D eigenvalue weighted by molar-refractivity contribution is 7.12. The number of hydrogen-bond acceptors (Lipinski definition) is 6. The van der Waals surface area contributed by atoms with E-state index in [-0.39, 0.29) is 5.91 Å². The Morgan fingerprint density at radius 2 is 1.89 bits per heavy atom. The fraction of sp³-hybridized carbons (Fsp3) is 0.0500. The second-order valence-electron chi connectivity index (χ2n) is 5.63. The Kier molecular flexibility index (Phi) is 4.67. The molecule has 0 atom stereocenters. The zero-order valence-electron chi connectivity index (χ0n) is 14.4. The van der Waals surface area contributed by atoms with Crippen LogP contribution < -0.4 is 10.1 Å². The molecule has 0 aliphatic rings. The minimum atomic E-state index is -0.131. The van der Waals surface area contributed by atoms with Gasteiger partial charge in [0, 0.05) is 11.3 Å². The molecule has 4 rings (SSSR count). The van der Waals surface area contributed by atoms with Gasteiger partial charge >= 0.3 is 0 Å². The smallest absolute Gasteiger partial charge is 0.265 e. The summed E-state index contributed by atoms with van der Waals surface area (Å²) in [6.07, 6.45) is 0. The number of amides is 1. The van der Waals surface area contributed by atoms with Crippen molar-refractivity contribution in [3.63, 3.8) is 0 Å². The van der Waals surface area contributed by atoms with Gasteiger partial charge in [-0.25, -0.2) is 0 Å². The standard InChI is InChI=1S/C20H15N3O3S/c1-25-16-6-3-2-5-15(16)18-22-20(26-23-18)13-8-10-14(11-9-13)21-19(24)17-7-4-12-27-17/h2-12H,1H3,(H,21,24). The van der Waals surface area contributed by atoms with Crippen molar-refractivity contribution in [2.24, 2.45) is 0 Å². The molecule has 0 radical (unpaired) electrons. The number of rotatable bonds is 5. The number of hydrogen-bond donors (Lipinski definition) is 1. The molecular formula is C20H15N3O3S. The van der Waals surface area contributed by atoms with Gasteiger partial charge in [0.15, 0.2) is 0 Å². The van der Waals surface area contributed by atoms with Gasteiger partial charge in [0.2, 0.25) is 5.82 Å². The van der Waals surface area contributed by atoms with Gasteiger partial charge < -0.3 is 14.6 Å². The highest BCUT2D eigenvalue weighted by atomic mass is 32.1. The zero-order chi connectivity index (χ0) is 18.6. The quantitative estimate of drug-likeness (QED) is 0.544. The number of anilines is 1. The summed E-state index contributed by atoms with van der Waals surface area (Å²) in [5.41, 5.74) is 2.22. The van der Waals surface area contributed by atoms with Crippen LogP contribution in [-0.4, -0.2) is 23.2 Å². The molecule has 0 spiro atoms. The molecule has 0 aliphatic carbocycles. The van der Waals surface area contributed by atoms with Gasteiger partial charge in [-0.1, -0.05) is 23.4 Å². The third-order valence-electron chi connectivity index (χ3n) is 3.91. The van der Waals surface area contributed by atoms with E-state index < -0.39 is 0 Å². The highest BCUT2D eigenvalue weighted by Crippen LogP contribution is 2.29. The molecule has 1 N–H and O–H groups in total. The van der Waals surface area contributed by atoms with Gasteiger partial charge in [-0.2, -0.15) is 4.98 Å². The van der Waals surface area contributed by atoms with Crippen molar-refractivity contribution >= 4 is 22.9 Å². The molecule has 0 aliphatic heterocycles. The number of thiophene rings is 1. The maximum absolute atomic E-state index is 12.1. The topological polar surface area (TPSA) is 77.3 Å². The first-order valence-corrected chi connectivity index (χ1v) is 9.05. The summed E-state index contributed by atoms with van der Waals surface area (Å²) >= 11 is 1.40. The fourth-order valence-corrected chi connectivity index (χ4v) is 3.20.